The Morgan fingerprint density at radius 1 is 1.44 bits per heavy atom. The third-order valence-electron chi connectivity index (χ3n) is 3.16. The van der Waals surface area contributed by atoms with E-state index < -0.39 is 0 Å². The highest BCUT2D eigenvalue weighted by Gasteiger charge is 2.26. The molecule has 1 aromatic rings. The Bertz CT molecular complexity index is 322. The lowest BCUT2D eigenvalue weighted by Gasteiger charge is -2.28. The number of aromatic nitrogens is 1. The van der Waals surface area contributed by atoms with E-state index in [1.54, 1.807) is 12.4 Å². The minimum atomic E-state index is 0. The fraction of sp³-hybridized carbons (Fsp3) is 0.615. The lowest BCUT2D eigenvalue weighted by molar-refractivity contribution is 0.144. The van der Waals surface area contributed by atoms with Crippen molar-refractivity contribution in [3.05, 3.63) is 24.5 Å². The Hall–Kier alpha value is -0.510. The summed E-state index contributed by atoms with van der Waals surface area (Å²) < 4.78 is 5.77. The summed E-state index contributed by atoms with van der Waals surface area (Å²) in [4.78, 5) is 6.57. The largest absolute Gasteiger partial charge is 0.490 e. The average Bonchev–Trinajstić information content (AvgIpc) is 2.76. The summed E-state index contributed by atoms with van der Waals surface area (Å²) in [6.45, 7) is 6.49. The predicted molar refractivity (Wildman–Crippen MR) is 79.1 cm³/mol. The lowest BCUT2D eigenvalue weighted by Crippen LogP contribution is -2.39. The van der Waals surface area contributed by atoms with Crippen LogP contribution in [0, 0.1) is 0 Å². The van der Waals surface area contributed by atoms with E-state index in [2.05, 4.69) is 23.7 Å². The first-order chi connectivity index (χ1) is 7.77. The van der Waals surface area contributed by atoms with Gasteiger partial charge in [-0.3, -0.25) is 9.88 Å². The average molecular weight is 293 g/mol. The topological polar surface area (TPSA) is 25.4 Å². The number of rotatable bonds is 4. The molecule has 3 nitrogen and oxygen atoms in total. The number of nitrogens with zero attached hydrogens (tertiary/aromatic N) is 2. The summed E-state index contributed by atoms with van der Waals surface area (Å²) in [5.41, 5.74) is 0. The van der Waals surface area contributed by atoms with Crippen molar-refractivity contribution in [1.29, 1.82) is 0 Å². The van der Waals surface area contributed by atoms with Crippen LogP contribution in [0.5, 0.6) is 5.75 Å². The van der Waals surface area contributed by atoms with Crippen LogP contribution < -0.4 is 4.74 Å². The monoisotopic (exact) mass is 292 g/mol. The van der Waals surface area contributed by atoms with Crippen LogP contribution in [0.25, 0.3) is 0 Å². The van der Waals surface area contributed by atoms with Gasteiger partial charge in [-0.25, -0.2) is 0 Å². The van der Waals surface area contributed by atoms with Crippen molar-refractivity contribution in [3.8, 4) is 5.75 Å². The molecule has 2 rings (SSSR count). The van der Waals surface area contributed by atoms with Gasteiger partial charge in [-0.05, 0) is 45.4 Å². The zero-order valence-electron chi connectivity index (χ0n) is 10.9. The van der Waals surface area contributed by atoms with Crippen LogP contribution >= 0.6 is 24.8 Å². The molecule has 0 amide bonds. The smallest absolute Gasteiger partial charge is 0.137 e. The van der Waals surface area contributed by atoms with Crippen LogP contribution in [-0.4, -0.2) is 35.1 Å². The van der Waals surface area contributed by atoms with Crippen molar-refractivity contribution in [2.24, 2.45) is 0 Å². The van der Waals surface area contributed by atoms with Crippen LogP contribution in [0.2, 0.25) is 0 Å². The molecule has 2 heterocycles. The van der Waals surface area contributed by atoms with Crippen molar-refractivity contribution < 1.29 is 4.74 Å². The summed E-state index contributed by atoms with van der Waals surface area (Å²) in [6, 6.07) is 5.05. The first kappa shape index (κ1) is 17.5. The van der Waals surface area contributed by atoms with Gasteiger partial charge >= 0.3 is 0 Å². The zero-order valence-corrected chi connectivity index (χ0v) is 12.5. The van der Waals surface area contributed by atoms with Gasteiger partial charge in [-0.15, -0.1) is 24.8 Å². The summed E-state index contributed by atoms with van der Waals surface area (Å²) in [7, 11) is 0. The highest BCUT2D eigenvalue weighted by molar-refractivity contribution is 5.85. The second-order valence-electron chi connectivity index (χ2n) is 4.63. The summed E-state index contributed by atoms with van der Waals surface area (Å²) in [5, 5.41) is 0. The van der Waals surface area contributed by atoms with E-state index in [-0.39, 0.29) is 24.8 Å². The van der Waals surface area contributed by atoms with E-state index in [0.29, 0.717) is 12.1 Å². The number of ether oxygens (including phenoxy) is 1. The van der Waals surface area contributed by atoms with Crippen molar-refractivity contribution >= 4 is 24.8 Å². The minimum absolute atomic E-state index is 0. The molecule has 104 valence electrons. The molecule has 0 N–H and O–H groups in total. The number of likely N-dealkylation sites (tertiary alicyclic amines) is 1. The quantitative estimate of drug-likeness (QED) is 0.852. The van der Waals surface area contributed by atoms with Crippen molar-refractivity contribution in [3.63, 3.8) is 0 Å². The van der Waals surface area contributed by atoms with Gasteiger partial charge in [0.2, 0.25) is 0 Å². The maximum absolute atomic E-state index is 5.77. The molecule has 1 aliphatic heterocycles. The molecule has 5 heteroatoms. The Balaban J connectivity index is 0.00000144. The second-order valence-corrected chi connectivity index (χ2v) is 4.63. The van der Waals surface area contributed by atoms with Crippen LogP contribution in [0.3, 0.4) is 0 Å². The van der Waals surface area contributed by atoms with Gasteiger partial charge in [-0.2, -0.15) is 0 Å². The Kier molecular flexibility index (Phi) is 8.32. The molecule has 18 heavy (non-hydrogen) atoms. The first-order valence-electron chi connectivity index (χ1n) is 6.06. The molecule has 1 saturated heterocycles. The van der Waals surface area contributed by atoms with Gasteiger partial charge in [0.05, 0.1) is 6.20 Å². The maximum Gasteiger partial charge on any atom is 0.137 e. The fourth-order valence-corrected chi connectivity index (χ4v) is 2.34. The number of pyridine rings is 1. The summed E-state index contributed by atoms with van der Waals surface area (Å²) in [5.74, 6) is 0.873. The highest BCUT2D eigenvalue weighted by Crippen LogP contribution is 2.20. The Morgan fingerprint density at radius 2 is 2.22 bits per heavy atom. The number of halogens is 2. The normalized spacial score (nSPS) is 19.2. The molecule has 0 bridgehead atoms. The summed E-state index contributed by atoms with van der Waals surface area (Å²) >= 11 is 0. The Labute approximate surface area is 122 Å². The minimum Gasteiger partial charge on any atom is -0.490 e. The highest BCUT2D eigenvalue weighted by atomic mass is 35.5. The van der Waals surface area contributed by atoms with Crippen LogP contribution in [0.1, 0.15) is 26.7 Å². The van der Waals surface area contributed by atoms with Gasteiger partial charge < -0.3 is 4.74 Å². The molecule has 0 aromatic carbocycles. The van der Waals surface area contributed by atoms with Crippen molar-refractivity contribution in [2.75, 3.05) is 13.2 Å². The van der Waals surface area contributed by atoms with Crippen LogP contribution in [-0.2, 0) is 0 Å². The second kappa shape index (κ2) is 8.57. The van der Waals surface area contributed by atoms with E-state index in [4.69, 9.17) is 4.74 Å². The number of hydrogen-bond donors (Lipinski definition) is 0. The zero-order chi connectivity index (χ0) is 11.4. The third kappa shape index (κ3) is 4.63. The van der Waals surface area contributed by atoms with Crippen molar-refractivity contribution in [2.45, 2.75) is 38.8 Å². The van der Waals surface area contributed by atoms with E-state index in [0.717, 1.165) is 12.4 Å². The van der Waals surface area contributed by atoms with Gasteiger partial charge in [0, 0.05) is 18.3 Å². The molecule has 0 aliphatic carbocycles. The lowest BCUT2D eigenvalue weighted by atomic mass is 10.2. The molecule has 1 aliphatic rings. The molecule has 0 spiro atoms. The Morgan fingerprint density at radius 3 is 2.83 bits per heavy atom. The predicted octanol–water partition coefficient (Wildman–Crippen LogP) is 3.18. The molecule has 0 saturated carbocycles. The SMILES string of the molecule is CC(C)N1CCC[C@H]1COc1cccnc1.Cl.Cl. The molecule has 1 aromatic heterocycles. The van der Waals surface area contributed by atoms with Gasteiger partial charge in [0.15, 0.2) is 0 Å². The maximum atomic E-state index is 5.77. The van der Waals surface area contributed by atoms with E-state index >= 15 is 0 Å². The first-order valence-corrected chi connectivity index (χ1v) is 6.06. The van der Waals surface area contributed by atoms with Gasteiger partial charge in [0.1, 0.15) is 12.4 Å². The molecule has 1 fully saturated rings. The van der Waals surface area contributed by atoms with Crippen LogP contribution in [0.15, 0.2) is 24.5 Å². The molecule has 0 radical (unpaired) electrons. The molecule has 1 atom stereocenters. The van der Waals surface area contributed by atoms with E-state index in [9.17, 15) is 0 Å². The fourth-order valence-electron chi connectivity index (χ4n) is 2.34. The number of hydrogen-bond acceptors (Lipinski definition) is 3. The third-order valence-corrected chi connectivity index (χ3v) is 3.16. The van der Waals surface area contributed by atoms with E-state index in [1.165, 1.54) is 19.4 Å². The molecular weight excluding hydrogens is 271 g/mol. The van der Waals surface area contributed by atoms with Crippen molar-refractivity contribution in [1.82, 2.24) is 9.88 Å². The summed E-state index contributed by atoms with van der Waals surface area (Å²) in [6.07, 6.45) is 6.08. The standard InChI is InChI=1S/C13H20N2O.2ClH/c1-11(2)15-8-4-5-12(15)10-16-13-6-3-7-14-9-13;;/h3,6-7,9,11-12H,4-5,8,10H2,1-2H3;2*1H/t12-;;/m0../s1. The molecular formula is C13H22Cl2N2O. The van der Waals surface area contributed by atoms with Gasteiger partial charge in [0.25, 0.3) is 0 Å². The molecule has 0 unspecified atom stereocenters. The van der Waals surface area contributed by atoms with Gasteiger partial charge in [-0.1, -0.05) is 0 Å². The van der Waals surface area contributed by atoms with Crippen LogP contribution in [0.4, 0.5) is 0 Å². The van der Waals surface area contributed by atoms with E-state index in [1.807, 2.05) is 12.1 Å².